The Bertz CT molecular complexity index is 722. The first-order valence-electron chi connectivity index (χ1n) is 7.71. The van der Waals surface area contributed by atoms with Gasteiger partial charge in [0.2, 0.25) is 17.6 Å². The summed E-state index contributed by atoms with van der Waals surface area (Å²) in [5.41, 5.74) is 0.124. The van der Waals surface area contributed by atoms with E-state index in [0.717, 1.165) is 0 Å². The van der Waals surface area contributed by atoms with Crippen LogP contribution in [0.2, 0.25) is 0 Å². The zero-order valence-electron chi connectivity index (χ0n) is 14.3. The smallest absolute Gasteiger partial charge is 0.227 e. The minimum absolute atomic E-state index is 0.127. The molecule has 0 radical (unpaired) electrons. The first-order chi connectivity index (χ1) is 11.2. The number of hydrogen-bond donors (Lipinski definition) is 1. The summed E-state index contributed by atoms with van der Waals surface area (Å²) in [6.45, 7) is 5.20. The van der Waals surface area contributed by atoms with Crippen LogP contribution in [0.25, 0.3) is 11.4 Å². The molecule has 1 aromatic carbocycles. The minimum Gasteiger partial charge on any atom is -0.389 e. The Balaban J connectivity index is 1.96. The molecule has 0 aliphatic carbocycles. The molecule has 1 heterocycles. The van der Waals surface area contributed by atoms with Gasteiger partial charge in [0.05, 0.1) is 5.60 Å². The van der Waals surface area contributed by atoms with Gasteiger partial charge in [-0.05, 0) is 32.4 Å². The lowest BCUT2D eigenvalue weighted by atomic mass is 10.1. The van der Waals surface area contributed by atoms with Crippen LogP contribution in [0.4, 0.5) is 4.39 Å². The highest BCUT2D eigenvalue weighted by Crippen LogP contribution is 2.19. The van der Waals surface area contributed by atoms with E-state index in [1.165, 1.54) is 11.0 Å². The van der Waals surface area contributed by atoms with Crippen LogP contribution in [0.5, 0.6) is 0 Å². The second-order valence-corrected chi connectivity index (χ2v) is 6.54. The van der Waals surface area contributed by atoms with Crippen molar-refractivity contribution in [2.45, 2.75) is 39.2 Å². The van der Waals surface area contributed by atoms with Crippen LogP contribution < -0.4 is 0 Å². The zero-order valence-corrected chi connectivity index (χ0v) is 14.3. The van der Waals surface area contributed by atoms with E-state index < -0.39 is 5.60 Å². The Labute approximate surface area is 140 Å². The fourth-order valence-electron chi connectivity index (χ4n) is 2.28. The second-order valence-electron chi connectivity index (χ2n) is 6.54. The van der Waals surface area contributed by atoms with E-state index in [4.69, 9.17) is 4.52 Å². The molecule has 0 spiro atoms. The molecule has 0 saturated heterocycles. The largest absolute Gasteiger partial charge is 0.389 e. The highest BCUT2D eigenvalue weighted by atomic mass is 19.1. The quantitative estimate of drug-likeness (QED) is 0.876. The fourth-order valence-corrected chi connectivity index (χ4v) is 2.28. The van der Waals surface area contributed by atoms with Gasteiger partial charge < -0.3 is 14.5 Å². The average Bonchev–Trinajstić information content (AvgIpc) is 2.94. The fraction of sp³-hybridized carbons (Fsp3) is 0.471. The van der Waals surface area contributed by atoms with E-state index in [1.54, 1.807) is 40.0 Å². The maximum absolute atomic E-state index is 13.6. The normalized spacial score (nSPS) is 11.6. The van der Waals surface area contributed by atoms with Gasteiger partial charge in [-0.3, -0.25) is 4.79 Å². The molecule has 1 N–H and O–H groups in total. The molecule has 2 rings (SSSR count). The number of carbonyl (C=O) groups excluding carboxylic acids is 1. The standard InChI is InChI=1S/C17H22FN3O3/c1-11-5-6-12(9-13(11)18)16-19-14(24-20-16)7-8-15(22)21(4)10-17(2,3)23/h5-6,9,23H,7-8,10H2,1-4H3. The molecule has 0 aliphatic rings. The van der Waals surface area contributed by atoms with E-state index in [0.29, 0.717) is 22.8 Å². The number of hydrogen-bond acceptors (Lipinski definition) is 5. The summed E-state index contributed by atoms with van der Waals surface area (Å²) in [7, 11) is 1.63. The number of nitrogens with zero attached hydrogens (tertiary/aromatic N) is 3. The summed E-state index contributed by atoms with van der Waals surface area (Å²) in [4.78, 5) is 17.7. The van der Waals surface area contributed by atoms with Gasteiger partial charge >= 0.3 is 0 Å². The van der Waals surface area contributed by atoms with Crippen molar-refractivity contribution in [1.82, 2.24) is 15.0 Å². The SMILES string of the molecule is Cc1ccc(-c2noc(CCC(=O)N(C)CC(C)(C)O)n2)cc1F. The van der Waals surface area contributed by atoms with Crippen LogP contribution in [0.1, 0.15) is 31.7 Å². The lowest BCUT2D eigenvalue weighted by Crippen LogP contribution is -2.39. The number of halogens is 1. The Hall–Kier alpha value is -2.28. The first kappa shape index (κ1) is 18.1. The molecule has 2 aromatic rings. The third kappa shape index (κ3) is 4.86. The van der Waals surface area contributed by atoms with Gasteiger partial charge in [-0.2, -0.15) is 4.98 Å². The summed E-state index contributed by atoms with van der Waals surface area (Å²) >= 11 is 0. The van der Waals surface area contributed by atoms with Crippen molar-refractivity contribution < 1.29 is 18.8 Å². The Morgan fingerprint density at radius 3 is 2.75 bits per heavy atom. The summed E-state index contributed by atoms with van der Waals surface area (Å²) < 4.78 is 18.7. The molecule has 0 atom stereocenters. The molecule has 24 heavy (non-hydrogen) atoms. The van der Waals surface area contributed by atoms with Gasteiger partial charge in [-0.15, -0.1) is 0 Å². The summed E-state index contributed by atoms with van der Waals surface area (Å²) in [5, 5.41) is 13.5. The molecule has 0 unspecified atom stereocenters. The Kier molecular flexibility index (Phi) is 5.33. The van der Waals surface area contributed by atoms with Crippen molar-refractivity contribution in [3.05, 3.63) is 35.5 Å². The monoisotopic (exact) mass is 335 g/mol. The molecular weight excluding hydrogens is 313 g/mol. The van der Waals surface area contributed by atoms with Crippen LogP contribution >= 0.6 is 0 Å². The topological polar surface area (TPSA) is 79.5 Å². The van der Waals surface area contributed by atoms with Gasteiger partial charge in [0.1, 0.15) is 5.82 Å². The van der Waals surface area contributed by atoms with Crippen molar-refractivity contribution in [2.75, 3.05) is 13.6 Å². The second kappa shape index (κ2) is 7.09. The predicted octanol–water partition coefficient (Wildman–Crippen LogP) is 2.35. The van der Waals surface area contributed by atoms with Gasteiger partial charge in [0, 0.05) is 32.0 Å². The average molecular weight is 335 g/mol. The first-order valence-corrected chi connectivity index (χ1v) is 7.71. The lowest BCUT2D eigenvalue weighted by Gasteiger charge is -2.25. The number of aliphatic hydroxyl groups is 1. The van der Waals surface area contributed by atoms with E-state index in [9.17, 15) is 14.3 Å². The molecule has 0 fully saturated rings. The van der Waals surface area contributed by atoms with Crippen LogP contribution in [0, 0.1) is 12.7 Å². The van der Waals surface area contributed by atoms with Gasteiger partial charge in [-0.25, -0.2) is 4.39 Å². The van der Waals surface area contributed by atoms with Crippen LogP contribution in [-0.4, -0.2) is 45.2 Å². The number of likely N-dealkylation sites (N-methyl/N-ethyl adjacent to an activating group) is 1. The van der Waals surface area contributed by atoms with Gasteiger partial charge in [0.15, 0.2) is 0 Å². The third-order valence-corrected chi connectivity index (χ3v) is 3.50. The zero-order chi connectivity index (χ0) is 17.9. The number of benzene rings is 1. The van der Waals surface area contributed by atoms with Crippen LogP contribution in [0.15, 0.2) is 22.7 Å². The molecule has 7 heteroatoms. The molecule has 130 valence electrons. The van der Waals surface area contributed by atoms with Crippen molar-refractivity contribution in [1.29, 1.82) is 0 Å². The molecule has 0 bridgehead atoms. The number of carbonyl (C=O) groups is 1. The van der Waals surface area contributed by atoms with Gasteiger partial charge in [-0.1, -0.05) is 17.3 Å². The maximum atomic E-state index is 13.6. The molecule has 0 aliphatic heterocycles. The van der Waals surface area contributed by atoms with Gasteiger partial charge in [0.25, 0.3) is 0 Å². The Morgan fingerprint density at radius 1 is 1.42 bits per heavy atom. The summed E-state index contributed by atoms with van der Waals surface area (Å²) in [6, 6.07) is 4.72. The highest BCUT2D eigenvalue weighted by molar-refractivity contribution is 5.76. The molecule has 1 aromatic heterocycles. The van der Waals surface area contributed by atoms with Crippen molar-refractivity contribution in [3.63, 3.8) is 0 Å². The summed E-state index contributed by atoms with van der Waals surface area (Å²) in [6.07, 6.45) is 0.479. The lowest BCUT2D eigenvalue weighted by molar-refractivity contribution is -0.132. The number of rotatable bonds is 6. The van der Waals surface area contributed by atoms with E-state index in [-0.39, 0.29) is 31.1 Å². The van der Waals surface area contributed by atoms with E-state index in [2.05, 4.69) is 10.1 Å². The molecule has 1 amide bonds. The molecular formula is C17H22FN3O3. The van der Waals surface area contributed by atoms with E-state index >= 15 is 0 Å². The van der Waals surface area contributed by atoms with Crippen molar-refractivity contribution in [3.8, 4) is 11.4 Å². The number of aromatic nitrogens is 2. The third-order valence-electron chi connectivity index (χ3n) is 3.50. The molecule has 6 nitrogen and oxygen atoms in total. The number of amides is 1. The predicted molar refractivity (Wildman–Crippen MR) is 86.7 cm³/mol. The van der Waals surface area contributed by atoms with Crippen molar-refractivity contribution >= 4 is 5.91 Å². The maximum Gasteiger partial charge on any atom is 0.227 e. The summed E-state index contributed by atoms with van der Waals surface area (Å²) in [5.74, 6) is 0.151. The van der Waals surface area contributed by atoms with Crippen LogP contribution in [-0.2, 0) is 11.2 Å². The van der Waals surface area contributed by atoms with Crippen molar-refractivity contribution in [2.24, 2.45) is 0 Å². The minimum atomic E-state index is -0.947. The number of aryl methyl sites for hydroxylation is 2. The molecule has 0 saturated carbocycles. The highest BCUT2D eigenvalue weighted by Gasteiger charge is 2.20. The van der Waals surface area contributed by atoms with E-state index in [1.807, 2.05) is 0 Å². The Morgan fingerprint density at radius 2 is 2.12 bits per heavy atom. The van der Waals surface area contributed by atoms with Crippen LogP contribution in [0.3, 0.4) is 0 Å².